The molecule has 1 atom stereocenters. The lowest BCUT2D eigenvalue weighted by Gasteiger charge is -2.13. The number of aryl methyl sites for hydroxylation is 2. The molecule has 1 aliphatic carbocycles. The van der Waals surface area contributed by atoms with Gasteiger partial charge in [0.1, 0.15) is 5.76 Å². The number of fused-ring (bicyclic) bond motifs is 1. The molecule has 0 saturated heterocycles. The molecule has 1 aromatic heterocycles. The minimum Gasteiger partial charge on any atom is -0.475 e. The van der Waals surface area contributed by atoms with Crippen LogP contribution in [-0.4, -0.2) is 11.1 Å². The molecule has 1 heterocycles. The van der Waals surface area contributed by atoms with E-state index in [0.29, 0.717) is 18.3 Å². The van der Waals surface area contributed by atoms with E-state index in [4.69, 9.17) is 9.52 Å². The fourth-order valence-electron chi connectivity index (χ4n) is 2.80. The molecule has 4 nitrogen and oxygen atoms in total. The van der Waals surface area contributed by atoms with Gasteiger partial charge in [0.05, 0.1) is 0 Å². The molecule has 2 N–H and O–H groups in total. The summed E-state index contributed by atoms with van der Waals surface area (Å²) in [7, 11) is 0. The van der Waals surface area contributed by atoms with Crippen LogP contribution >= 0.6 is 0 Å². The van der Waals surface area contributed by atoms with Gasteiger partial charge < -0.3 is 14.8 Å². The number of nitrogens with one attached hydrogen (secondary N) is 1. The molecule has 1 aliphatic rings. The number of aromatic carboxylic acids is 1. The molecule has 2 aromatic rings. The average Bonchev–Trinajstić information content (AvgIpc) is 3.00. The number of carboxylic acids is 1. The monoisotopic (exact) mass is 271 g/mol. The van der Waals surface area contributed by atoms with Crippen molar-refractivity contribution in [3.63, 3.8) is 0 Å². The van der Waals surface area contributed by atoms with Gasteiger partial charge in [-0.2, -0.15) is 0 Å². The SMILES string of the molecule is Cc1oc(C(=O)O)cc1CNC1CCc2ccccc21. The van der Waals surface area contributed by atoms with Crippen LogP contribution in [0.15, 0.2) is 34.7 Å². The van der Waals surface area contributed by atoms with Gasteiger partial charge >= 0.3 is 5.97 Å². The van der Waals surface area contributed by atoms with Crippen molar-refractivity contribution in [1.29, 1.82) is 0 Å². The third-order valence-electron chi connectivity index (χ3n) is 3.90. The highest BCUT2D eigenvalue weighted by atomic mass is 16.4. The van der Waals surface area contributed by atoms with Crippen molar-refractivity contribution in [2.45, 2.75) is 32.4 Å². The summed E-state index contributed by atoms with van der Waals surface area (Å²) in [5.41, 5.74) is 3.67. The Hall–Kier alpha value is -2.07. The number of hydrogen-bond acceptors (Lipinski definition) is 3. The van der Waals surface area contributed by atoms with Crippen molar-refractivity contribution in [2.75, 3.05) is 0 Å². The Balaban J connectivity index is 1.70. The first-order chi connectivity index (χ1) is 9.65. The summed E-state index contributed by atoms with van der Waals surface area (Å²) in [5, 5.41) is 12.4. The molecule has 20 heavy (non-hydrogen) atoms. The molecule has 0 amide bonds. The van der Waals surface area contributed by atoms with Crippen LogP contribution in [0.5, 0.6) is 0 Å². The quantitative estimate of drug-likeness (QED) is 0.897. The van der Waals surface area contributed by atoms with Crippen molar-refractivity contribution in [3.8, 4) is 0 Å². The minimum atomic E-state index is -1.02. The zero-order chi connectivity index (χ0) is 14.1. The second-order valence-corrected chi connectivity index (χ2v) is 5.17. The summed E-state index contributed by atoms with van der Waals surface area (Å²) in [4.78, 5) is 10.9. The van der Waals surface area contributed by atoms with Gasteiger partial charge in [-0.05, 0) is 37.0 Å². The van der Waals surface area contributed by atoms with E-state index in [1.165, 1.54) is 11.1 Å². The Bertz CT molecular complexity index is 645. The maximum atomic E-state index is 10.9. The van der Waals surface area contributed by atoms with E-state index in [1.54, 1.807) is 13.0 Å². The van der Waals surface area contributed by atoms with Crippen LogP contribution in [0.25, 0.3) is 0 Å². The molecular weight excluding hydrogens is 254 g/mol. The summed E-state index contributed by atoms with van der Waals surface area (Å²) < 4.78 is 5.22. The molecule has 4 heteroatoms. The highest BCUT2D eigenvalue weighted by Gasteiger charge is 2.22. The van der Waals surface area contributed by atoms with Gasteiger partial charge in [-0.15, -0.1) is 0 Å². The summed E-state index contributed by atoms with van der Waals surface area (Å²) in [5.74, 6) is -0.349. The van der Waals surface area contributed by atoms with Gasteiger partial charge in [-0.3, -0.25) is 0 Å². The number of furan rings is 1. The maximum Gasteiger partial charge on any atom is 0.371 e. The summed E-state index contributed by atoms with van der Waals surface area (Å²) in [6, 6.07) is 10.4. The number of carboxylic acid groups (broad SMARTS) is 1. The smallest absolute Gasteiger partial charge is 0.371 e. The third kappa shape index (κ3) is 2.34. The van der Waals surface area contributed by atoms with E-state index in [-0.39, 0.29) is 5.76 Å². The average molecular weight is 271 g/mol. The number of hydrogen-bond donors (Lipinski definition) is 2. The van der Waals surface area contributed by atoms with E-state index >= 15 is 0 Å². The molecule has 0 saturated carbocycles. The minimum absolute atomic E-state index is 0.00567. The van der Waals surface area contributed by atoms with E-state index < -0.39 is 5.97 Å². The molecular formula is C16H17NO3. The maximum absolute atomic E-state index is 10.9. The van der Waals surface area contributed by atoms with Crippen molar-refractivity contribution in [3.05, 3.63) is 58.5 Å². The van der Waals surface area contributed by atoms with Crippen molar-refractivity contribution in [2.24, 2.45) is 0 Å². The van der Waals surface area contributed by atoms with Gasteiger partial charge in [0.15, 0.2) is 0 Å². The Morgan fingerprint density at radius 3 is 3.00 bits per heavy atom. The molecule has 0 spiro atoms. The first kappa shape index (κ1) is 12.9. The fourth-order valence-corrected chi connectivity index (χ4v) is 2.80. The topological polar surface area (TPSA) is 62.5 Å². The Morgan fingerprint density at radius 2 is 2.25 bits per heavy atom. The van der Waals surface area contributed by atoms with E-state index in [9.17, 15) is 4.79 Å². The molecule has 1 aromatic carbocycles. The van der Waals surface area contributed by atoms with Gasteiger partial charge in [0.2, 0.25) is 5.76 Å². The largest absolute Gasteiger partial charge is 0.475 e. The standard InChI is InChI=1S/C16H17NO3/c1-10-12(8-15(20-10)16(18)19)9-17-14-7-6-11-4-2-3-5-13(11)14/h2-5,8,14,17H,6-7,9H2,1H3,(H,18,19). The molecule has 0 aliphatic heterocycles. The summed E-state index contributed by atoms with van der Waals surface area (Å²) in [6.07, 6.45) is 2.18. The second kappa shape index (κ2) is 5.13. The number of carbonyl (C=O) groups is 1. The zero-order valence-corrected chi connectivity index (χ0v) is 11.3. The molecule has 0 radical (unpaired) electrons. The van der Waals surface area contributed by atoms with Gasteiger partial charge in [-0.25, -0.2) is 4.79 Å². The molecule has 0 bridgehead atoms. The first-order valence-electron chi connectivity index (χ1n) is 6.79. The van der Waals surface area contributed by atoms with Crippen LogP contribution in [0.1, 0.15) is 45.5 Å². The van der Waals surface area contributed by atoms with Crippen LogP contribution in [0.4, 0.5) is 0 Å². The Kier molecular flexibility index (Phi) is 3.32. The Labute approximate surface area is 117 Å². The lowest BCUT2D eigenvalue weighted by atomic mass is 10.1. The van der Waals surface area contributed by atoms with Gasteiger partial charge in [0.25, 0.3) is 0 Å². The van der Waals surface area contributed by atoms with E-state index in [1.807, 2.05) is 0 Å². The van der Waals surface area contributed by atoms with E-state index in [0.717, 1.165) is 18.4 Å². The van der Waals surface area contributed by atoms with E-state index in [2.05, 4.69) is 29.6 Å². The van der Waals surface area contributed by atoms with Crippen molar-refractivity contribution < 1.29 is 14.3 Å². The summed E-state index contributed by atoms with van der Waals surface area (Å²) >= 11 is 0. The predicted molar refractivity (Wildman–Crippen MR) is 74.7 cm³/mol. The second-order valence-electron chi connectivity index (χ2n) is 5.17. The Morgan fingerprint density at radius 1 is 1.45 bits per heavy atom. The number of benzene rings is 1. The van der Waals surface area contributed by atoms with Gasteiger partial charge in [0, 0.05) is 18.2 Å². The summed E-state index contributed by atoms with van der Waals surface area (Å²) in [6.45, 7) is 2.42. The predicted octanol–water partition coefficient (Wildman–Crippen LogP) is 3.06. The van der Waals surface area contributed by atoms with Crippen LogP contribution in [0.3, 0.4) is 0 Å². The highest BCUT2D eigenvalue weighted by molar-refractivity contribution is 5.84. The van der Waals surface area contributed by atoms with Crippen molar-refractivity contribution >= 4 is 5.97 Å². The molecule has 3 rings (SSSR count). The fraction of sp³-hybridized carbons (Fsp3) is 0.312. The van der Waals surface area contributed by atoms with Crippen LogP contribution < -0.4 is 5.32 Å². The third-order valence-corrected chi connectivity index (χ3v) is 3.90. The van der Waals surface area contributed by atoms with Crippen molar-refractivity contribution in [1.82, 2.24) is 5.32 Å². The molecule has 104 valence electrons. The lowest BCUT2D eigenvalue weighted by molar-refractivity contribution is 0.0661. The van der Waals surface area contributed by atoms with Gasteiger partial charge in [-0.1, -0.05) is 24.3 Å². The molecule has 1 unspecified atom stereocenters. The number of rotatable bonds is 4. The highest BCUT2D eigenvalue weighted by Crippen LogP contribution is 2.31. The molecule has 0 fully saturated rings. The van der Waals surface area contributed by atoms with Crippen LogP contribution in [-0.2, 0) is 13.0 Å². The normalized spacial score (nSPS) is 17.1. The van der Waals surface area contributed by atoms with Crippen LogP contribution in [0.2, 0.25) is 0 Å². The zero-order valence-electron chi connectivity index (χ0n) is 11.3. The van der Waals surface area contributed by atoms with Crippen LogP contribution in [0, 0.1) is 6.92 Å². The lowest BCUT2D eigenvalue weighted by Crippen LogP contribution is -2.18. The first-order valence-corrected chi connectivity index (χ1v) is 6.79.